The maximum absolute atomic E-state index is 11.6. The monoisotopic (exact) mass is 204 g/mol. The summed E-state index contributed by atoms with van der Waals surface area (Å²) in [7, 11) is 0. The van der Waals surface area contributed by atoms with Crippen LogP contribution < -0.4 is 0 Å². The average molecular weight is 204 g/mol. The van der Waals surface area contributed by atoms with Gasteiger partial charge in [0.15, 0.2) is 0 Å². The van der Waals surface area contributed by atoms with Gasteiger partial charge in [0.2, 0.25) is 0 Å². The van der Waals surface area contributed by atoms with E-state index in [0.29, 0.717) is 5.56 Å². The Hall–Kier alpha value is -1.52. The van der Waals surface area contributed by atoms with Crippen LogP contribution in [-0.2, 0) is 4.74 Å². The molecule has 1 aromatic carbocycles. The molecule has 0 aliphatic rings. The third-order valence-electron chi connectivity index (χ3n) is 1.46. The molecule has 0 radical (unpaired) electrons. The second-order valence-electron chi connectivity index (χ2n) is 2.70. The maximum Gasteiger partial charge on any atom is 0.575 e. The largest absolute Gasteiger partial charge is 0.575 e. The molecular formula is C9H7F3O2. The van der Waals surface area contributed by atoms with Gasteiger partial charge >= 0.3 is 12.3 Å². The number of hydrogen-bond donors (Lipinski definition) is 0. The van der Waals surface area contributed by atoms with Crippen molar-refractivity contribution in [3.63, 3.8) is 0 Å². The summed E-state index contributed by atoms with van der Waals surface area (Å²) in [5.74, 6) is -1.39. The van der Waals surface area contributed by atoms with Gasteiger partial charge in [0.05, 0.1) is 5.56 Å². The quantitative estimate of drug-likeness (QED) is 0.657. The highest BCUT2D eigenvalue weighted by Gasteiger charge is 2.34. The van der Waals surface area contributed by atoms with Crippen molar-refractivity contribution in [2.75, 3.05) is 0 Å². The molecule has 0 aliphatic heterocycles. The predicted molar refractivity (Wildman–Crippen MR) is 42.6 cm³/mol. The normalized spacial score (nSPS) is 11.1. The summed E-state index contributed by atoms with van der Waals surface area (Å²) in [6, 6.07) is 5.75. The van der Waals surface area contributed by atoms with Gasteiger partial charge in [-0.2, -0.15) is 0 Å². The zero-order valence-corrected chi connectivity index (χ0v) is 7.26. The van der Waals surface area contributed by atoms with Crippen LogP contribution >= 0.6 is 0 Å². The van der Waals surface area contributed by atoms with Crippen LogP contribution in [0.2, 0.25) is 0 Å². The Morgan fingerprint density at radius 2 is 2.00 bits per heavy atom. The number of ether oxygens (including phenoxy) is 1. The number of hydrogen-bond acceptors (Lipinski definition) is 2. The first-order valence-corrected chi connectivity index (χ1v) is 3.75. The lowest BCUT2D eigenvalue weighted by Gasteiger charge is -2.07. The van der Waals surface area contributed by atoms with Gasteiger partial charge in [0.25, 0.3) is 0 Å². The van der Waals surface area contributed by atoms with Gasteiger partial charge in [-0.05, 0) is 19.1 Å². The van der Waals surface area contributed by atoms with Crippen molar-refractivity contribution in [1.82, 2.24) is 0 Å². The van der Waals surface area contributed by atoms with Gasteiger partial charge in [-0.25, -0.2) is 4.79 Å². The first-order chi connectivity index (χ1) is 6.38. The summed E-state index contributed by atoms with van der Waals surface area (Å²) in [6.45, 7) is 1.67. The number of rotatable bonds is 1. The predicted octanol–water partition coefficient (Wildman–Crippen LogP) is 2.67. The van der Waals surface area contributed by atoms with Crippen molar-refractivity contribution in [1.29, 1.82) is 0 Å². The minimum absolute atomic E-state index is 0.109. The van der Waals surface area contributed by atoms with E-state index in [1.54, 1.807) is 13.0 Å². The van der Waals surface area contributed by atoms with Crippen LogP contribution in [-0.4, -0.2) is 12.3 Å². The number of carbonyl (C=O) groups is 1. The Kier molecular flexibility index (Phi) is 2.78. The van der Waals surface area contributed by atoms with Crippen molar-refractivity contribution in [2.24, 2.45) is 0 Å². The van der Waals surface area contributed by atoms with Crippen LogP contribution in [0.4, 0.5) is 13.2 Å². The molecule has 0 spiro atoms. The van der Waals surface area contributed by atoms with Crippen molar-refractivity contribution >= 4 is 5.97 Å². The lowest BCUT2D eigenvalue weighted by molar-refractivity contribution is -0.291. The Labute approximate surface area is 78.3 Å². The third-order valence-corrected chi connectivity index (χ3v) is 1.46. The summed E-state index contributed by atoms with van der Waals surface area (Å²) in [5, 5.41) is 0. The van der Waals surface area contributed by atoms with E-state index in [2.05, 4.69) is 4.74 Å². The zero-order chi connectivity index (χ0) is 10.8. The van der Waals surface area contributed by atoms with Gasteiger partial charge in [-0.3, -0.25) is 0 Å². The fourth-order valence-electron chi connectivity index (χ4n) is 0.936. The van der Waals surface area contributed by atoms with Crippen molar-refractivity contribution in [3.05, 3.63) is 35.4 Å². The first kappa shape index (κ1) is 10.6. The van der Waals surface area contributed by atoms with Gasteiger partial charge in [0.1, 0.15) is 0 Å². The molecule has 1 aromatic rings. The smallest absolute Gasteiger partial charge is 0.369 e. The Morgan fingerprint density at radius 3 is 2.50 bits per heavy atom. The highest BCUT2D eigenvalue weighted by Crippen LogP contribution is 2.19. The van der Waals surface area contributed by atoms with Crippen molar-refractivity contribution < 1.29 is 22.7 Å². The zero-order valence-electron chi connectivity index (χ0n) is 7.26. The standard InChI is InChI=1S/C9H7F3O2/c1-6-3-2-4-7(5-6)8(13)14-9(10,11)12/h2-5H,1H3. The van der Waals surface area contributed by atoms with Crippen LogP contribution in [0.5, 0.6) is 0 Å². The van der Waals surface area contributed by atoms with E-state index in [9.17, 15) is 18.0 Å². The number of esters is 1. The molecule has 0 unspecified atom stereocenters. The topological polar surface area (TPSA) is 26.3 Å². The van der Waals surface area contributed by atoms with Crippen LogP contribution in [0.25, 0.3) is 0 Å². The molecule has 0 aliphatic carbocycles. The van der Waals surface area contributed by atoms with Gasteiger partial charge in [0, 0.05) is 0 Å². The molecule has 0 aromatic heterocycles. The summed E-state index contributed by atoms with van der Waals surface area (Å²) in [5.41, 5.74) is 0.587. The molecule has 0 bridgehead atoms. The maximum atomic E-state index is 11.6. The van der Waals surface area contributed by atoms with Crippen LogP contribution in [0.1, 0.15) is 15.9 Å². The van der Waals surface area contributed by atoms with E-state index in [0.717, 1.165) is 0 Å². The van der Waals surface area contributed by atoms with E-state index in [-0.39, 0.29) is 5.56 Å². The molecule has 0 N–H and O–H groups in total. The van der Waals surface area contributed by atoms with Crippen LogP contribution in [0.3, 0.4) is 0 Å². The summed E-state index contributed by atoms with van der Waals surface area (Å²) < 4.78 is 38.2. The molecule has 0 fully saturated rings. The fourth-order valence-corrected chi connectivity index (χ4v) is 0.936. The molecule has 5 heteroatoms. The van der Waals surface area contributed by atoms with E-state index in [4.69, 9.17) is 0 Å². The molecule has 0 amide bonds. The van der Waals surface area contributed by atoms with Crippen molar-refractivity contribution in [2.45, 2.75) is 13.3 Å². The molecule has 14 heavy (non-hydrogen) atoms. The molecular weight excluding hydrogens is 197 g/mol. The minimum Gasteiger partial charge on any atom is -0.369 e. The molecule has 0 atom stereocenters. The van der Waals surface area contributed by atoms with Crippen LogP contribution in [0, 0.1) is 6.92 Å². The Balaban J connectivity index is 2.80. The summed E-state index contributed by atoms with van der Waals surface area (Å²) >= 11 is 0. The highest BCUT2D eigenvalue weighted by molar-refractivity contribution is 5.89. The number of benzene rings is 1. The van der Waals surface area contributed by atoms with E-state index < -0.39 is 12.3 Å². The van der Waals surface area contributed by atoms with E-state index in [1.807, 2.05) is 0 Å². The van der Waals surface area contributed by atoms with Gasteiger partial charge in [-0.15, -0.1) is 13.2 Å². The Bertz CT molecular complexity index is 344. The summed E-state index contributed by atoms with van der Waals surface area (Å²) in [6.07, 6.45) is -4.93. The molecule has 1 rings (SSSR count). The number of aryl methyl sites for hydroxylation is 1. The molecule has 76 valence electrons. The number of halogens is 3. The number of carbonyl (C=O) groups excluding carboxylic acids is 1. The lowest BCUT2D eigenvalue weighted by Crippen LogP contribution is -2.19. The van der Waals surface area contributed by atoms with Crippen molar-refractivity contribution in [3.8, 4) is 0 Å². The van der Waals surface area contributed by atoms with E-state index >= 15 is 0 Å². The van der Waals surface area contributed by atoms with Crippen LogP contribution in [0.15, 0.2) is 24.3 Å². The highest BCUT2D eigenvalue weighted by atomic mass is 19.4. The molecule has 0 heterocycles. The second-order valence-corrected chi connectivity index (χ2v) is 2.70. The van der Waals surface area contributed by atoms with Gasteiger partial charge < -0.3 is 4.74 Å². The minimum atomic E-state index is -4.93. The number of alkyl halides is 3. The first-order valence-electron chi connectivity index (χ1n) is 3.75. The molecule has 2 nitrogen and oxygen atoms in total. The van der Waals surface area contributed by atoms with E-state index in [1.165, 1.54) is 18.2 Å². The lowest BCUT2D eigenvalue weighted by atomic mass is 10.1. The fraction of sp³-hybridized carbons (Fsp3) is 0.222. The summed E-state index contributed by atoms with van der Waals surface area (Å²) in [4.78, 5) is 10.9. The molecule has 0 saturated heterocycles. The van der Waals surface area contributed by atoms with Gasteiger partial charge in [-0.1, -0.05) is 17.7 Å². The average Bonchev–Trinajstić information content (AvgIpc) is 2.01. The SMILES string of the molecule is Cc1cccc(C(=O)OC(F)(F)F)c1. The third kappa shape index (κ3) is 3.08. The Morgan fingerprint density at radius 1 is 1.36 bits per heavy atom. The second kappa shape index (κ2) is 3.69. The molecule has 0 saturated carbocycles.